The second-order valence-corrected chi connectivity index (χ2v) is 4.90. The molecule has 1 nitrogen and oxygen atoms in total. The third-order valence-corrected chi connectivity index (χ3v) is 3.26. The Morgan fingerprint density at radius 3 is 1.85 bits per heavy atom. The second-order valence-electron chi connectivity index (χ2n) is 4.08. The van der Waals surface area contributed by atoms with E-state index in [-0.39, 0.29) is 15.6 Å². The van der Waals surface area contributed by atoms with E-state index in [2.05, 4.69) is 0 Å². The molecule has 9 heteroatoms. The molecule has 0 bridgehead atoms. The van der Waals surface area contributed by atoms with E-state index in [1.807, 2.05) is 0 Å². The van der Waals surface area contributed by atoms with Gasteiger partial charge in [-0.05, 0) is 24.1 Å². The predicted octanol–water partition coefficient (Wildman–Crippen LogP) is 4.64. The molecule has 1 aromatic rings. The SMILES string of the molecule is OC(Cc1ccc(Cl)c(Cl)c1)C(C(F)(F)F)C(F)(F)F. The van der Waals surface area contributed by atoms with E-state index in [1.54, 1.807) is 0 Å². The normalized spacial score (nSPS) is 14.7. The van der Waals surface area contributed by atoms with Crippen molar-refractivity contribution in [1.82, 2.24) is 0 Å². The van der Waals surface area contributed by atoms with Gasteiger partial charge in [-0.2, -0.15) is 26.3 Å². The number of aliphatic hydroxyl groups is 1. The minimum absolute atomic E-state index is 0.0189. The van der Waals surface area contributed by atoms with Crippen LogP contribution in [0.5, 0.6) is 0 Å². The van der Waals surface area contributed by atoms with Crippen LogP contribution in [-0.4, -0.2) is 23.6 Å². The molecule has 0 aliphatic carbocycles. The molecule has 0 fully saturated rings. The van der Waals surface area contributed by atoms with Crippen LogP contribution in [-0.2, 0) is 6.42 Å². The van der Waals surface area contributed by atoms with Crippen LogP contribution in [0.3, 0.4) is 0 Å². The first kappa shape index (κ1) is 17.4. The summed E-state index contributed by atoms with van der Waals surface area (Å²) in [6, 6.07) is 3.53. The van der Waals surface area contributed by atoms with Gasteiger partial charge in [-0.3, -0.25) is 0 Å². The van der Waals surface area contributed by atoms with Gasteiger partial charge in [0.15, 0.2) is 5.92 Å². The van der Waals surface area contributed by atoms with Crippen LogP contribution in [0.15, 0.2) is 18.2 Å². The number of halogens is 8. The second kappa shape index (κ2) is 5.99. The number of hydrogen-bond acceptors (Lipinski definition) is 1. The summed E-state index contributed by atoms with van der Waals surface area (Å²) in [5.74, 6) is -3.82. The van der Waals surface area contributed by atoms with Crippen LogP contribution in [0.1, 0.15) is 5.56 Å². The van der Waals surface area contributed by atoms with E-state index in [0.29, 0.717) is 0 Å². The summed E-state index contributed by atoms with van der Waals surface area (Å²) in [5.41, 5.74) is 0.0189. The first-order valence-corrected chi connectivity index (χ1v) is 5.94. The lowest BCUT2D eigenvalue weighted by Crippen LogP contribution is -2.45. The number of rotatable bonds is 3. The van der Waals surface area contributed by atoms with Gasteiger partial charge in [-0.1, -0.05) is 29.3 Å². The van der Waals surface area contributed by atoms with E-state index in [0.717, 1.165) is 6.07 Å². The van der Waals surface area contributed by atoms with Crippen molar-refractivity contribution in [1.29, 1.82) is 0 Å². The van der Waals surface area contributed by atoms with Crippen LogP contribution in [0.25, 0.3) is 0 Å². The van der Waals surface area contributed by atoms with Gasteiger partial charge in [0.05, 0.1) is 16.1 Å². The molecule has 1 unspecified atom stereocenters. The summed E-state index contributed by atoms with van der Waals surface area (Å²) in [5, 5.41) is 9.36. The molecular weight excluding hydrogens is 333 g/mol. The Labute approximate surface area is 120 Å². The molecule has 1 N–H and O–H groups in total. The topological polar surface area (TPSA) is 20.2 Å². The van der Waals surface area contributed by atoms with Crippen LogP contribution >= 0.6 is 23.2 Å². The minimum atomic E-state index is -5.59. The smallest absolute Gasteiger partial charge is 0.392 e. The third kappa shape index (κ3) is 4.43. The van der Waals surface area contributed by atoms with Crippen LogP contribution in [0.2, 0.25) is 10.0 Å². The highest BCUT2D eigenvalue weighted by Crippen LogP contribution is 2.42. The molecule has 114 valence electrons. The summed E-state index contributed by atoms with van der Waals surface area (Å²) in [6.45, 7) is 0. The molecule has 1 rings (SSSR count). The summed E-state index contributed by atoms with van der Waals surface area (Å²) in [6.07, 6.45) is -14.7. The maximum Gasteiger partial charge on any atom is 0.403 e. The fourth-order valence-corrected chi connectivity index (χ4v) is 1.97. The number of aliphatic hydroxyl groups excluding tert-OH is 1. The summed E-state index contributed by atoms with van der Waals surface area (Å²) >= 11 is 11.2. The van der Waals surface area contributed by atoms with E-state index < -0.39 is 30.8 Å². The predicted molar refractivity (Wildman–Crippen MR) is 61.8 cm³/mol. The van der Waals surface area contributed by atoms with Gasteiger partial charge >= 0.3 is 12.4 Å². The minimum Gasteiger partial charge on any atom is -0.392 e. The van der Waals surface area contributed by atoms with E-state index in [1.165, 1.54) is 12.1 Å². The largest absolute Gasteiger partial charge is 0.403 e. The molecule has 0 aliphatic rings. The lowest BCUT2D eigenvalue weighted by atomic mass is 9.95. The molecule has 1 aromatic carbocycles. The first-order chi connectivity index (χ1) is 8.93. The van der Waals surface area contributed by atoms with Crippen LogP contribution < -0.4 is 0 Å². The van der Waals surface area contributed by atoms with E-state index in [9.17, 15) is 31.4 Å². The Morgan fingerprint density at radius 1 is 0.950 bits per heavy atom. The summed E-state index contributed by atoms with van der Waals surface area (Å²) in [7, 11) is 0. The molecule has 0 amide bonds. The molecule has 20 heavy (non-hydrogen) atoms. The van der Waals surface area contributed by atoms with Gasteiger partial charge in [0, 0.05) is 0 Å². The molecule has 0 saturated carbocycles. The fraction of sp³-hybridized carbons (Fsp3) is 0.455. The Bertz CT molecular complexity index is 457. The van der Waals surface area contributed by atoms with Crippen LogP contribution in [0, 0.1) is 5.92 Å². The quantitative estimate of drug-likeness (QED) is 0.795. The molecule has 0 aliphatic heterocycles. The van der Waals surface area contributed by atoms with Gasteiger partial charge in [-0.15, -0.1) is 0 Å². The van der Waals surface area contributed by atoms with Gasteiger partial charge in [-0.25, -0.2) is 0 Å². The Morgan fingerprint density at radius 2 is 1.45 bits per heavy atom. The summed E-state index contributed by atoms with van der Waals surface area (Å²) < 4.78 is 74.3. The maximum absolute atomic E-state index is 12.4. The summed E-state index contributed by atoms with van der Waals surface area (Å²) in [4.78, 5) is 0. The molecule has 0 aromatic heterocycles. The van der Waals surface area contributed by atoms with Crippen molar-refractivity contribution >= 4 is 23.2 Å². The van der Waals surface area contributed by atoms with Crippen molar-refractivity contribution in [2.45, 2.75) is 24.9 Å². The van der Waals surface area contributed by atoms with Gasteiger partial charge in [0.25, 0.3) is 0 Å². The van der Waals surface area contributed by atoms with Gasteiger partial charge in [0.1, 0.15) is 0 Å². The average molecular weight is 341 g/mol. The van der Waals surface area contributed by atoms with Crippen molar-refractivity contribution in [3.63, 3.8) is 0 Å². The fourth-order valence-electron chi connectivity index (χ4n) is 1.65. The lowest BCUT2D eigenvalue weighted by molar-refractivity contribution is -0.305. The molecule has 0 heterocycles. The zero-order valence-corrected chi connectivity index (χ0v) is 11.1. The van der Waals surface area contributed by atoms with E-state index >= 15 is 0 Å². The highest BCUT2D eigenvalue weighted by Gasteiger charge is 2.59. The number of hydrogen-bond donors (Lipinski definition) is 1. The molecule has 1 atom stereocenters. The lowest BCUT2D eigenvalue weighted by Gasteiger charge is -2.27. The van der Waals surface area contributed by atoms with Crippen molar-refractivity contribution in [3.05, 3.63) is 33.8 Å². The van der Waals surface area contributed by atoms with Gasteiger partial charge < -0.3 is 5.11 Å². The standard InChI is InChI=1S/C11H8Cl2F6O/c12-6-2-1-5(3-7(6)13)4-8(20)9(10(14,15)16)11(17,18)19/h1-3,8-9,20H,4H2. The molecular formula is C11H8Cl2F6O. The Hall–Kier alpha value is -0.660. The van der Waals surface area contributed by atoms with Gasteiger partial charge in [0.2, 0.25) is 0 Å². The molecule has 0 spiro atoms. The monoisotopic (exact) mass is 340 g/mol. The zero-order valence-electron chi connectivity index (χ0n) is 9.56. The third-order valence-electron chi connectivity index (χ3n) is 2.52. The van der Waals surface area contributed by atoms with Crippen molar-refractivity contribution in [2.24, 2.45) is 5.92 Å². The molecule has 0 radical (unpaired) electrons. The van der Waals surface area contributed by atoms with E-state index in [4.69, 9.17) is 23.2 Å². The van der Waals surface area contributed by atoms with Crippen molar-refractivity contribution in [3.8, 4) is 0 Å². The number of alkyl halides is 6. The highest BCUT2D eigenvalue weighted by molar-refractivity contribution is 6.42. The average Bonchev–Trinajstić information content (AvgIpc) is 2.18. The number of benzene rings is 1. The Kier molecular flexibility index (Phi) is 5.21. The zero-order chi connectivity index (χ0) is 15.7. The maximum atomic E-state index is 12.4. The van der Waals surface area contributed by atoms with Crippen molar-refractivity contribution < 1.29 is 31.4 Å². The molecule has 0 saturated heterocycles. The van der Waals surface area contributed by atoms with Crippen LogP contribution in [0.4, 0.5) is 26.3 Å². The van der Waals surface area contributed by atoms with Crippen molar-refractivity contribution in [2.75, 3.05) is 0 Å². The Balaban J connectivity index is 2.97. The first-order valence-electron chi connectivity index (χ1n) is 5.18. The highest BCUT2D eigenvalue weighted by atomic mass is 35.5.